The maximum Gasteiger partial charge on any atom is 0.00313 e. The second-order valence-corrected chi connectivity index (χ2v) is 9.34. The first kappa shape index (κ1) is 27.2. The lowest BCUT2D eigenvalue weighted by molar-refractivity contribution is 0.464. The number of hydrogen-bond acceptors (Lipinski definition) is 0. The molecule has 0 saturated carbocycles. The van der Waals surface area contributed by atoms with Gasteiger partial charge in [0, 0.05) is 5.33 Å². The fraction of sp³-hybridized carbons (Fsp3) is 0.923. The van der Waals surface area contributed by atoms with Crippen molar-refractivity contribution in [2.75, 3.05) is 5.33 Å². The first-order chi connectivity index (χ1) is 13.3. The minimum absolute atomic E-state index is 0.857. The van der Waals surface area contributed by atoms with Gasteiger partial charge < -0.3 is 0 Å². The largest absolute Gasteiger partial charge is 0.0928 e. The third kappa shape index (κ3) is 22.4. The predicted octanol–water partition coefficient (Wildman–Crippen LogP) is 10.4. The third-order valence-corrected chi connectivity index (χ3v) is 6.33. The van der Waals surface area contributed by atoms with Crippen LogP contribution in [0.3, 0.4) is 0 Å². The molecule has 0 aromatic heterocycles. The van der Waals surface area contributed by atoms with Crippen LogP contribution in [0.15, 0.2) is 12.2 Å². The lowest BCUT2D eigenvalue weighted by Gasteiger charge is -2.13. The van der Waals surface area contributed by atoms with Crippen molar-refractivity contribution >= 4 is 15.9 Å². The normalized spacial score (nSPS) is 11.9. The molecule has 0 amide bonds. The molecule has 0 atom stereocenters. The molecule has 162 valence electrons. The minimum atomic E-state index is 0.857. The number of hydrogen-bond donors (Lipinski definition) is 0. The van der Waals surface area contributed by atoms with Gasteiger partial charge in [0.25, 0.3) is 0 Å². The highest BCUT2D eigenvalue weighted by atomic mass is 79.9. The van der Waals surface area contributed by atoms with Crippen molar-refractivity contribution in [2.24, 2.45) is 5.92 Å². The van der Waals surface area contributed by atoms with E-state index in [0.717, 1.165) is 5.92 Å². The van der Waals surface area contributed by atoms with Crippen molar-refractivity contribution in [1.29, 1.82) is 0 Å². The maximum atomic E-state index is 3.52. The predicted molar refractivity (Wildman–Crippen MR) is 130 cm³/mol. The summed E-state index contributed by atoms with van der Waals surface area (Å²) < 4.78 is 0. The van der Waals surface area contributed by atoms with Gasteiger partial charge in [-0.15, -0.1) is 0 Å². The molecule has 0 fully saturated rings. The van der Waals surface area contributed by atoms with Gasteiger partial charge in [-0.3, -0.25) is 0 Å². The molecule has 0 aliphatic rings. The summed E-state index contributed by atoms with van der Waals surface area (Å²) in [5.41, 5.74) is 0. The SMILES string of the molecule is CCCCCCCCC(/C=C\CCCCCCCBr)CCCCCCCC. The molecule has 0 unspecified atom stereocenters. The van der Waals surface area contributed by atoms with E-state index >= 15 is 0 Å². The Hall–Kier alpha value is 0.220. The second kappa shape index (κ2) is 24.3. The molecule has 1 heteroatoms. The second-order valence-electron chi connectivity index (χ2n) is 8.55. The summed E-state index contributed by atoms with van der Waals surface area (Å²) in [6, 6.07) is 0. The molecular weight excluding hydrogens is 392 g/mol. The van der Waals surface area contributed by atoms with Gasteiger partial charge in [-0.2, -0.15) is 0 Å². The molecule has 0 spiro atoms. The Morgan fingerprint density at radius 3 is 1.52 bits per heavy atom. The molecule has 0 bridgehead atoms. The average Bonchev–Trinajstić information content (AvgIpc) is 2.68. The smallest absolute Gasteiger partial charge is 0.00313 e. The third-order valence-electron chi connectivity index (χ3n) is 5.77. The van der Waals surface area contributed by atoms with E-state index in [4.69, 9.17) is 0 Å². The summed E-state index contributed by atoms with van der Waals surface area (Å²) >= 11 is 3.52. The van der Waals surface area contributed by atoms with E-state index < -0.39 is 0 Å². The zero-order valence-corrected chi connectivity index (χ0v) is 20.5. The lowest BCUT2D eigenvalue weighted by atomic mass is 9.93. The Kier molecular flexibility index (Phi) is 24.5. The van der Waals surface area contributed by atoms with Crippen LogP contribution in [-0.2, 0) is 0 Å². The summed E-state index contributed by atoms with van der Waals surface area (Å²) in [5, 5.41) is 1.17. The van der Waals surface area contributed by atoms with Crippen molar-refractivity contribution in [1.82, 2.24) is 0 Å². The molecule has 27 heavy (non-hydrogen) atoms. The molecular formula is C26H51Br. The molecule has 0 saturated heterocycles. The summed E-state index contributed by atoms with van der Waals surface area (Å²) in [7, 11) is 0. The Labute approximate surface area is 181 Å². The molecule has 0 rings (SSSR count). The number of alkyl halides is 1. The van der Waals surface area contributed by atoms with Crippen LogP contribution in [0.2, 0.25) is 0 Å². The fourth-order valence-corrected chi connectivity index (χ4v) is 4.28. The van der Waals surface area contributed by atoms with Gasteiger partial charge >= 0.3 is 0 Å². The van der Waals surface area contributed by atoms with Crippen LogP contribution < -0.4 is 0 Å². The summed E-state index contributed by atoms with van der Waals surface area (Å²) in [6.45, 7) is 4.62. The van der Waals surface area contributed by atoms with E-state index in [9.17, 15) is 0 Å². The summed E-state index contributed by atoms with van der Waals surface area (Å²) in [6.07, 6.45) is 33.4. The van der Waals surface area contributed by atoms with Crippen LogP contribution in [0.1, 0.15) is 142 Å². The Morgan fingerprint density at radius 2 is 1.00 bits per heavy atom. The van der Waals surface area contributed by atoms with Crippen LogP contribution in [0.25, 0.3) is 0 Å². The average molecular weight is 444 g/mol. The van der Waals surface area contributed by atoms with E-state index in [2.05, 4.69) is 41.9 Å². The van der Waals surface area contributed by atoms with Crippen molar-refractivity contribution in [3.8, 4) is 0 Å². The first-order valence-corrected chi connectivity index (χ1v) is 13.7. The Bertz CT molecular complexity index is 268. The maximum absolute atomic E-state index is 3.52. The molecule has 0 radical (unpaired) electrons. The minimum Gasteiger partial charge on any atom is -0.0928 e. The van der Waals surface area contributed by atoms with E-state index in [0.29, 0.717) is 0 Å². The first-order valence-electron chi connectivity index (χ1n) is 12.6. The fourth-order valence-electron chi connectivity index (χ4n) is 3.89. The lowest BCUT2D eigenvalue weighted by Crippen LogP contribution is -1.97. The highest BCUT2D eigenvalue weighted by Crippen LogP contribution is 2.21. The molecule has 0 aliphatic heterocycles. The Morgan fingerprint density at radius 1 is 0.556 bits per heavy atom. The van der Waals surface area contributed by atoms with E-state index in [-0.39, 0.29) is 0 Å². The van der Waals surface area contributed by atoms with Gasteiger partial charge in [-0.1, -0.05) is 138 Å². The topological polar surface area (TPSA) is 0 Å². The molecule has 0 aromatic carbocycles. The van der Waals surface area contributed by atoms with E-state index in [1.807, 2.05) is 0 Å². The van der Waals surface area contributed by atoms with Gasteiger partial charge in [0.2, 0.25) is 0 Å². The number of rotatable bonds is 22. The highest BCUT2D eigenvalue weighted by molar-refractivity contribution is 9.09. The summed E-state index contributed by atoms with van der Waals surface area (Å²) in [4.78, 5) is 0. The van der Waals surface area contributed by atoms with Gasteiger partial charge in [0.05, 0.1) is 0 Å². The van der Waals surface area contributed by atoms with E-state index in [1.165, 1.54) is 134 Å². The highest BCUT2D eigenvalue weighted by Gasteiger charge is 2.05. The molecule has 0 heterocycles. The molecule has 0 aromatic rings. The number of halogens is 1. The van der Waals surface area contributed by atoms with Crippen LogP contribution in [-0.4, -0.2) is 5.33 Å². The molecule has 0 aliphatic carbocycles. The van der Waals surface area contributed by atoms with Crippen LogP contribution >= 0.6 is 15.9 Å². The van der Waals surface area contributed by atoms with Crippen LogP contribution in [0.5, 0.6) is 0 Å². The van der Waals surface area contributed by atoms with Crippen LogP contribution in [0.4, 0.5) is 0 Å². The quantitative estimate of drug-likeness (QED) is 0.0886. The zero-order chi connectivity index (χ0) is 19.8. The summed E-state index contributed by atoms with van der Waals surface area (Å²) in [5.74, 6) is 0.857. The number of unbranched alkanes of at least 4 members (excludes halogenated alkanes) is 15. The van der Waals surface area contributed by atoms with Crippen molar-refractivity contribution in [3.63, 3.8) is 0 Å². The number of allylic oxidation sites excluding steroid dienone is 2. The standard InChI is InChI=1S/C26H51Br/c1-3-5-7-9-14-18-22-26(23-19-15-10-8-6-4-2)24-20-16-12-11-13-17-21-25-27/h20,24,26H,3-19,21-23,25H2,1-2H3/b24-20-. The van der Waals surface area contributed by atoms with Gasteiger partial charge in [-0.05, 0) is 38.0 Å². The van der Waals surface area contributed by atoms with Gasteiger partial charge in [-0.25, -0.2) is 0 Å². The van der Waals surface area contributed by atoms with E-state index in [1.54, 1.807) is 0 Å². The van der Waals surface area contributed by atoms with Crippen molar-refractivity contribution in [2.45, 2.75) is 142 Å². The van der Waals surface area contributed by atoms with Gasteiger partial charge in [0.15, 0.2) is 0 Å². The Balaban J connectivity index is 3.90. The molecule has 0 nitrogen and oxygen atoms in total. The van der Waals surface area contributed by atoms with Crippen molar-refractivity contribution in [3.05, 3.63) is 12.2 Å². The van der Waals surface area contributed by atoms with Crippen LogP contribution in [0, 0.1) is 5.92 Å². The monoisotopic (exact) mass is 442 g/mol. The molecule has 0 N–H and O–H groups in total. The zero-order valence-electron chi connectivity index (χ0n) is 19.0. The van der Waals surface area contributed by atoms with Crippen molar-refractivity contribution < 1.29 is 0 Å². The van der Waals surface area contributed by atoms with Gasteiger partial charge in [0.1, 0.15) is 0 Å².